The summed E-state index contributed by atoms with van der Waals surface area (Å²) in [5.74, 6) is -0.507. The Bertz CT molecular complexity index is 1870. The Labute approximate surface area is 214 Å². The van der Waals surface area contributed by atoms with E-state index in [0.29, 0.717) is 33.5 Å². The standard InChI is InChI=1S/C29H21NO8/c1-35-16-5-3-14(4-6-16)20-13-37-28-25-18(11-24(32)38-23(25)12-22(31)26(28)27(20)33)19-10-15-9-17(36-2)7-8-21(15)30-29(19)34/h3-10,12-13,18,31H,11H2,1-2H3,(H,30,34)/t18-/m1/s1. The van der Waals surface area contributed by atoms with Gasteiger partial charge in [0.1, 0.15) is 40.2 Å². The summed E-state index contributed by atoms with van der Waals surface area (Å²) in [6, 6.07) is 15.0. The summed E-state index contributed by atoms with van der Waals surface area (Å²) >= 11 is 0. The van der Waals surface area contributed by atoms with Crippen LogP contribution in [0, 0.1) is 0 Å². The van der Waals surface area contributed by atoms with Gasteiger partial charge >= 0.3 is 5.97 Å². The Kier molecular flexibility index (Phi) is 5.41. The maximum absolute atomic E-state index is 13.6. The Morgan fingerprint density at radius 2 is 1.68 bits per heavy atom. The number of nitrogens with one attached hydrogen (secondary N) is 1. The number of aromatic nitrogens is 1. The molecule has 1 atom stereocenters. The molecule has 190 valence electrons. The molecule has 3 heterocycles. The number of esters is 1. The van der Waals surface area contributed by atoms with Crippen LogP contribution in [0.5, 0.6) is 23.0 Å². The number of carbonyl (C=O) groups excluding carboxylic acids is 1. The number of hydrogen-bond donors (Lipinski definition) is 2. The fraction of sp³-hybridized carbons (Fsp3) is 0.138. The first-order valence-corrected chi connectivity index (χ1v) is 11.8. The van der Waals surface area contributed by atoms with Crippen molar-refractivity contribution in [1.82, 2.24) is 4.98 Å². The SMILES string of the molecule is COc1ccc(-c2coc3c4c(cc(O)c3c2=O)OC(=O)C[C@@H]4c2cc3cc(OC)ccc3[nH]c2=O)cc1. The van der Waals surface area contributed by atoms with Gasteiger partial charge in [-0.15, -0.1) is 0 Å². The number of fused-ring (bicyclic) bond motifs is 4. The van der Waals surface area contributed by atoms with Crippen molar-refractivity contribution < 1.29 is 28.5 Å². The van der Waals surface area contributed by atoms with Crippen LogP contribution < -0.4 is 25.2 Å². The number of phenolic OH excluding ortho intramolecular Hbond substituents is 1. The first kappa shape index (κ1) is 23.4. The second-order valence-electron chi connectivity index (χ2n) is 8.96. The Balaban J connectivity index is 1.59. The summed E-state index contributed by atoms with van der Waals surface area (Å²) in [6.07, 6.45) is 1.14. The third-order valence-corrected chi connectivity index (χ3v) is 6.83. The average Bonchev–Trinajstić information content (AvgIpc) is 2.92. The fourth-order valence-electron chi connectivity index (χ4n) is 4.95. The summed E-state index contributed by atoms with van der Waals surface area (Å²) < 4.78 is 21.8. The zero-order valence-corrected chi connectivity index (χ0v) is 20.4. The molecule has 0 fully saturated rings. The lowest BCUT2D eigenvalue weighted by atomic mass is 9.85. The van der Waals surface area contributed by atoms with Gasteiger partial charge in [0.15, 0.2) is 0 Å². The molecule has 0 bridgehead atoms. The number of hydrogen-bond acceptors (Lipinski definition) is 8. The van der Waals surface area contributed by atoms with Crippen LogP contribution in [-0.4, -0.2) is 30.3 Å². The lowest BCUT2D eigenvalue weighted by Crippen LogP contribution is -2.26. The van der Waals surface area contributed by atoms with Crippen LogP contribution >= 0.6 is 0 Å². The van der Waals surface area contributed by atoms with Crippen LogP contribution in [0.4, 0.5) is 0 Å². The molecule has 0 radical (unpaired) electrons. The van der Waals surface area contributed by atoms with Crippen molar-refractivity contribution in [2.45, 2.75) is 12.3 Å². The molecule has 0 saturated carbocycles. The molecule has 5 aromatic rings. The van der Waals surface area contributed by atoms with E-state index in [1.165, 1.54) is 12.3 Å². The fourth-order valence-corrected chi connectivity index (χ4v) is 4.95. The zero-order chi connectivity index (χ0) is 26.6. The number of pyridine rings is 1. The summed E-state index contributed by atoms with van der Waals surface area (Å²) in [5, 5.41) is 11.4. The maximum atomic E-state index is 13.6. The van der Waals surface area contributed by atoms with E-state index in [1.54, 1.807) is 62.8 Å². The number of rotatable bonds is 4. The molecule has 0 spiro atoms. The van der Waals surface area contributed by atoms with Crippen LogP contribution in [0.25, 0.3) is 33.0 Å². The highest BCUT2D eigenvalue weighted by molar-refractivity contribution is 5.94. The van der Waals surface area contributed by atoms with E-state index in [4.69, 9.17) is 18.6 Å². The van der Waals surface area contributed by atoms with Gasteiger partial charge in [-0.25, -0.2) is 0 Å². The van der Waals surface area contributed by atoms with Crippen molar-refractivity contribution in [1.29, 1.82) is 0 Å². The molecule has 0 saturated heterocycles. The van der Waals surface area contributed by atoms with Gasteiger partial charge in [-0.05, 0) is 42.0 Å². The average molecular weight is 511 g/mol. The minimum Gasteiger partial charge on any atom is -0.507 e. The number of phenols is 1. The molecule has 1 aliphatic heterocycles. The van der Waals surface area contributed by atoms with Crippen LogP contribution in [0.3, 0.4) is 0 Å². The summed E-state index contributed by atoms with van der Waals surface area (Å²) in [5.41, 5.74) is 1.21. The maximum Gasteiger partial charge on any atom is 0.312 e. The highest BCUT2D eigenvalue weighted by Crippen LogP contribution is 2.45. The molecule has 6 rings (SSSR count). The van der Waals surface area contributed by atoms with Crippen LogP contribution in [-0.2, 0) is 4.79 Å². The number of methoxy groups -OCH3 is 2. The summed E-state index contributed by atoms with van der Waals surface area (Å²) in [6.45, 7) is 0. The number of aromatic hydroxyl groups is 1. The molecular weight excluding hydrogens is 490 g/mol. The van der Waals surface area contributed by atoms with E-state index in [2.05, 4.69) is 4.98 Å². The number of H-pyrrole nitrogens is 1. The minimum atomic E-state index is -0.788. The van der Waals surface area contributed by atoms with Crippen LogP contribution in [0.15, 0.2) is 74.9 Å². The predicted molar refractivity (Wildman–Crippen MR) is 139 cm³/mol. The molecule has 1 aliphatic rings. The van der Waals surface area contributed by atoms with Crippen molar-refractivity contribution in [3.63, 3.8) is 0 Å². The van der Waals surface area contributed by atoms with Crippen molar-refractivity contribution in [3.05, 3.63) is 92.6 Å². The number of carbonyl (C=O) groups is 1. The molecule has 3 aromatic carbocycles. The van der Waals surface area contributed by atoms with Gasteiger partial charge < -0.3 is 28.7 Å². The molecule has 0 unspecified atom stereocenters. The van der Waals surface area contributed by atoms with Gasteiger partial charge in [-0.1, -0.05) is 12.1 Å². The molecule has 38 heavy (non-hydrogen) atoms. The Morgan fingerprint density at radius 3 is 2.42 bits per heavy atom. The van der Waals surface area contributed by atoms with Crippen molar-refractivity contribution in [2.24, 2.45) is 0 Å². The molecule has 9 nitrogen and oxygen atoms in total. The van der Waals surface area contributed by atoms with E-state index < -0.39 is 28.6 Å². The number of benzene rings is 3. The summed E-state index contributed by atoms with van der Waals surface area (Å²) in [7, 11) is 3.09. The van der Waals surface area contributed by atoms with E-state index in [1.807, 2.05) is 0 Å². The van der Waals surface area contributed by atoms with Gasteiger partial charge in [0.2, 0.25) is 5.43 Å². The first-order valence-electron chi connectivity index (χ1n) is 11.8. The third kappa shape index (κ3) is 3.67. The molecule has 2 aromatic heterocycles. The first-order chi connectivity index (χ1) is 18.4. The van der Waals surface area contributed by atoms with Crippen LogP contribution in [0.2, 0.25) is 0 Å². The second kappa shape index (κ2) is 8.81. The molecule has 9 heteroatoms. The Morgan fingerprint density at radius 1 is 0.947 bits per heavy atom. The van der Waals surface area contributed by atoms with Gasteiger partial charge in [0.05, 0.1) is 26.2 Å². The summed E-state index contributed by atoms with van der Waals surface area (Å²) in [4.78, 5) is 42.1. The molecular formula is C29H21NO8. The Hall–Kier alpha value is -5.05. The van der Waals surface area contributed by atoms with E-state index in [0.717, 1.165) is 0 Å². The molecule has 0 aliphatic carbocycles. The smallest absolute Gasteiger partial charge is 0.312 e. The highest BCUT2D eigenvalue weighted by Gasteiger charge is 2.35. The lowest BCUT2D eigenvalue weighted by Gasteiger charge is -2.25. The minimum absolute atomic E-state index is 0.0294. The van der Waals surface area contributed by atoms with Crippen molar-refractivity contribution >= 4 is 27.8 Å². The highest BCUT2D eigenvalue weighted by atomic mass is 16.5. The van der Waals surface area contributed by atoms with Crippen molar-refractivity contribution in [2.75, 3.05) is 14.2 Å². The van der Waals surface area contributed by atoms with E-state index in [9.17, 15) is 19.5 Å². The van der Waals surface area contributed by atoms with E-state index in [-0.39, 0.29) is 34.3 Å². The third-order valence-electron chi connectivity index (χ3n) is 6.83. The van der Waals surface area contributed by atoms with Gasteiger partial charge in [-0.2, -0.15) is 0 Å². The van der Waals surface area contributed by atoms with Crippen molar-refractivity contribution in [3.8, 4) is 34.1 Å². The molecule has 0 amide bonds. The van der Waals surface area contributed by atoms with E-state index >= 15 is 0 Å². The largest absolute Gasteiger partial charge is 0.507 e. The predicted octanol–water partition coefficient (Wildman–Crippen LogP) is 4.47. The van der Waals surface area contributed by atoms with Gasteiger partial charge in [0, 0.05) is 34.0 Å². The topological polar surface area (TPSA) is 128 Å². The number of ether oxygens (including phenoxy) is 3. The quantitative estimate of drug-likeness (QED) is 0.267. The van der Waals surface area contributed by atoms with Gasteiger partial charge in [0.25, 0.3) is 5.56 Å². The zero-order valence-electron chi connectivity index (χ0n) is 20.4. The normalized spacial score (nSPS) is 14.8. The molecule has 2 N–H and O–H groups in total. The monoisotopic (exact) mass is 511 g/mol. The van der Waals surface area contributed by atoms with Crippen LogP contribution in [0.1, 0.15) is 23.5 Å². The lowest BCUT2D eigenvalue weighted by molar-refractivity contribution is -0.135. The van der Waals surface area contributed by atoms with Gasteiger partial charge in [-0.3, -0.25) is 14.4 Å². The second-order valence-corrected chi connectivity index (χ2v) is 8.96. The number of aromatic amines is 1.